The second-order valence-corrected chi connectivity index (χ2v) is 13.4. The van der Waals surface area contributed by atoms with Crippen molar-refractivity contribution >= 4 is 41.3 Å². The Balaban J connectivity index is 1.60. The van der Waals surface area contributed by atoms with E-state index in [1.165, 1.54) is 12.5 Å². The van der Waals surface area contributed by atoms with Gasteiger partial charge in [-0.1, -0.05) is 66.7 Å². The fourth-order valence-corrected chi connectivity index (χ4v) is 5.67. The molecule has 0 bridgehead atoms. The van der Waals surface area contributed by atoms with E-state index in [9.17, 15) is 33.9 Å². The van der Waals surface area contributed by atoms with Crippen LogP contribution in [0.4, 0.5) is 5.69 Å². The standard InChI is InChI=1S/C40H53N7O8/c1-26(48)45-32-18-15-30(16-19-32)29-13-10-28(11-14-29)24-35(39(53)44-23-21-34(40(54)55)46-36(49)8-5-9-37(50)51)47-38(52)33(42)20-22-43-25-31(41)17-12-27-6-3-2-4-7-27/h2-4,6-7,10-11,13-16,18-19,31,33-35,43H,5,8-9,12,17,20-25,41-42H2,1H3,(H,44,53)(H,45,48)(H,46,49)(H,47,52)(H,50,51)(H,54,55)/t31-,33-,34+,35+/m0/s1. The third kappa shape index (κ3) is 16.9. The summed E-state index contributed by atoms with van der Waals surface area (Å²) in [5.74, 6) is -4.28. The van der Waals surface area contributed by atoms with Gasteiger partial charge < -0.3 is 48.3 Å². The molecule has 3 rings (SSSR count). The molecule has 55 heavy (non-hydrogen) atoms. The first-order valence-electron chi connectivity index (χ1n) is 18.4. The van der Waals surface area contributed by atoms with E-state index in [0.717, 1.165) is 29.5 Å². The predicted molar refractivity (Wildman–Crippen MR) is 209 cm³/mol. The predicted octanol–water partition coefficient (Wildman–Crippen LogP) is 1.94. The number of aliphatic carboxylic acids is 2. The highest BCUT2D eigenvalue weighted by atomic mass is 16.4. The summed E-state index contributed by atoms with van der Waals surface area (Å²) in [6.07, 6.45) is 1.54. The van der Waals surface area contributed by atoms with Gasteiger partial charge in [-0.3, -0.25) is 24.0 Å². The number of carbonyl (C=O) groups is 6. The van der Waals surface area contributed by atoms with Gasteiger partial charge in [0.25, 0.3) is 0 Å². The van der Waals surface area contributed by atoms with Gasteiger partial charge in [0.15, 0.2) is 0 Å². The maximum atomic E-state index is 13.5. The zero-order valence-electron chi connectivity index (χ0n) is 31.1. The van der Waals surface area contributed by atoms with Crippen molar-refractivity contribution in [2.24, 2.45) is 11.5 Å². The molecule has 15 nitrogen and oxygen atoms in total. The fraction of sp³-hybridized carbons (Fsp3) is 0.400. The summed E-state index contributed by atoms with van der Waals surface area (Å²) in [7, 11) is 0. The minimum atomic E-state index is -1.32. The van der Waals surface area contributed by atoms with E-state index < -0.39 is 47.8 Å². The zero-order valence-corrected chi connectivity index (χ0v) is 31.1. The molecule has 0 radical (unpaired) electrons. The van der Waals surface area contributed by atoms with Gasteiger partial charge in [0.05, 0.1) is 6.04 Å². The number of nitrogens with two attached hydrogens (primary N) is 2. The Morgan fingerprint density at radius 1 is 0.691 bits per heavy atom. The lowest BCUT2D eigenvalue weighted by molar-refractivity contribution is -0.142. The number of amides is 4. The van der Waals surface area contributed by atoms with Crippen molar-refractivity contribution < 1.29 is 39.0 Å². The van der Waals surface area contributed by atoms with Crippen molar-refractivity contribution in [1.82, 2.24) is 21.3 Å². The van der Waals surface area contributed by atoms with Gasteiger partial charge in [-0.15, -0.1) is 0 Å². The molecule has 3 aromatic carbocycles. The van der Waals surface area contributed by atoms with E-state index in [4.69, 9.17) is 16.6 Å². The third-order valence-electron chi connectivity index (χ3n) is 8.75. The summed E-state index contributed by atoms with van der Waals surface area (Å²) < 4.78 is 0. The van der Waals surface area contributed by atoms with Crippen molar-refractivity contribution in [2.75, 3.05) is 25.0 Å². The monoisotopic (exact) mass is 759 g/mol. The van der Waals surface area contributed by atoms with Crippen molar-refractivity contribution in [3.63, 3.8) is 0 Å². The van der Waals surface area contributed by atoms with Crippen LogP contribution in [0.5, 0.6) is 0 Å². The van der Waals surface area contributed by atoms with Gasteiger partial charge >= 0.3 is 11.9 Å². The van der Waals surface area contributed by atoms with E-state index in [-0.39, 0.29) is 57.0 Å². The summed E-state index contributed by atoms with van der Waals surface area (Å²) in [6, 6.07) is 21.4. The number of nitrogens with one attached hydrogen (secondary N) is 5. The molecule has 0 heterocycles. The van der Waals surface area contributed by atoms with Crippen LogP contribution in [-0.2, 0) is 41.6 Å². The number of anilines is 1. The van der Waals surface area contributed by atoms with Crippen LogP contribution in [0.2, 0.25) is 0 Å². The number of aryl methyl sites for hydroxylation is 1. The maximum Gasteiger partial charge on any atom is 0.326 e. The topological polar surface area (TPSA) is 255 Å². The Morgan fingerprint density at radius 3 is 1.96 bits per heavy atom. The van der Waals surface area contributed by atoms with Gasteiger partial charge in [-0.2, -0.15) is 0 Å². The van der Waals surface area contributed by atoms with Crippen LogP contribution in [-0.4, -0.2) is 89.6 Å². The van der Waals surface area contributed by atoms with E-state index in [2.05, 4.69) is 38.7 Å². The Kier molecular flexibility index (Phi) is 18.5. The highest BCUT2D eigenvalue weighted by molar-refractivity contribution is 5.90. The van der Waals surface area contributed by atoms with Crippen LogP contribution in [0, 0.1) is 0 Å². The fourth-order valence-electron chi connectivity index (χ4n) is 5.67. The molecule has 0 fully saturated rings. The average molecular weight is 760 g/mol. The normalized spacial score (nSPS) is 13.1. The molecule has 15 heteroatoms. The van der Waals surface area contributed by atoms with E-state index in [0.29, 0.717) is 18.8 Å². The number of rotatable bonds is 24. The summed E-state index contributed by atoms with van der Waals surface area (Å²) in [4.78, 5) is 72.7. The molecule has 3 aromatic rings. The van der Waals surface area contributed by atoms with Crippen LogP contribution < -0.4 is 38.1 Å². The quantitative estimate of drug-likeness (QED) is 0.0597. The molecule has 296 valence electrons. The Morgan fingerprint density at radius 2 is 1.35 bits per heavy atom. The van der Waals surface area contributed by atoms with Crippen molar-refractivity contribution in [3.8, 4) is 11.1 Å². The highest BCUT2D eigenvalue weighted by Crippen LogP contribution is 2.22. The summed E-state index contributed by atoms with van der Waals surface area (Å²) in [5, 5.41) is 32.1. The molecule has 0 spiro atoms. The van der Waals surface area contributed by atoms with Gasteiger partial charge in [0, 0.05) is 51.0 Å². The second-order valence-electron chi connectivity index (χ2n) is 13.4. The minimum Gasteiger partial charge on any atom is -0.481 e. The van der Waals surface area contributed by atoms with Gasteiger partial charge in [0.1, 0.15) is 12.1 Å². The number of benzene rings is 3. The first-order chi connectivity index (χ1) is 26.3. The minimum absolute atomic E-state index is 0.0535. The van der Waals surface area contributed by atoms with Crippen LogP contribution in [0.1, 0.15) is 56.6 Å². The molecule has 0 saturated heterocycles. The lowest BCUT2D eigenvalue weighted by Gasteiger charge is -2.22. The molecular formula is C40H53N7O8. The number of hydrogen-bond acceptors (Lipinski definition) is 9. The molecule has 0 unspecified atom stereocenters. The highest BCUT2D eigenvalue weighted by Gasteiger charge is 2.26. The molecule has 4 atom stereocenters. The molecule has 0 aliphatic rings. The van der Waals surface area contributed by atoms with E-state index in [1.807, 2.05) is 54.6 Å². The van der Waals surface area contributed by atoms with Crippen molar-refractivity contribution in [3.05, 3.63) is 90.0 Å². The van der Waals surface area contributed by atoms with Gasteiger partial charge in [-0.05, 0) is 73.0 Å². The average Bonchev–Trinajstić information content (AvgIpc) is 3.15. The summed E-state index contributed by atoms with van der Waals surface area (Å²) >= 11 is 0. The van der Waals surface area contributed by atoms with E-state index >= 15 is 0 Å². The second kappa shape index (κ2) is 23.2. The van der Waals surface area contributed by atoms with Crippen LogP contribution in [0.15, 0.2) is 78.9 Å². The molecule has 11 N–H and O–H groups in total. The van der Waals surface area contributed by atoms with Crippen molar-refractivity contribution in [1.29, 1.82) is 0 Å². The molecule has 0 saturated carbocycles. The molecule has 0 aromatic heterocycles. The first-order valence-corrected chi connectivity index (χ1v) is 18.4. The number of carboxylic acid groups (broad SMARTS) is 2. The Labute approximate surface area is 321 Å². The summed E-state index contributed by atoms with van der Waals surface area (Å²) in [6.45, 7) is 2.27. The lowest BCUT2D eigenvalue weighted by Crippen LogP contribution is -2.53. The smallest absolute Gasteiger partial charge is 0.326 e. The molecule has 4 amide bonds. The summed E-state index contributed by atoms with van der Waals surface area (Å²) in [5.41, 5.74) is 16.9. The number of carboxylic acids is 2. The molecular weight excluding hydrogens is 706 g/mol. The number of hydrogen-bond donors (Lipinski definition) is 9. The lowest BCUT2D eigenvalue weighted by atomic mass is 9.99. The zero-order chi connectivity index (χ0) is 40.2. The third-order valence-corrected chi connectivity index (χ3v) is 8.75. The Hall–Kier alpha value is -5.64. The van der Waals surface area contributed by atoms with Crippen LogP contribution in [0.3, 0.4) is 0 Å². The molecule has 0 aliphatic carbocycles. The van der Waals surface area contributed by atoms with Crippen LogP contribution >= 0.6 is 0 Å². The van der Waals surface area contributed by atoms with Crippen LogP contribution in [0.25, 0.3) is 11.1 Å². The number of carbonyl (C=O) groups excluding carboxylic acids is 4. The van der Waals surface area contributed by atoms with Gasteiger partial charge in [0.2, 0.25) is 23.6 Å². The van der Waals surface area contributed by atoms with Crippen molar-refractivity contribution in [2.45, 2.75) is 82.5 Å². The first kappa shape index (κ1) is 43.8. The largest absolute Gasteiger partial charge is 0.481 e. The van der Waals surface area contributed by atoms with E-state index in [1.54, 1.807) is 12.1 Å². The van der Waals surface area contributed by atoms with Gasteiger partial charge in [-0.25, -0.2) is 4.79 Å². The SMILES string of the molecule is CC(=O)Nc1ccc(-c2ccc(C[C@@H](NC(=O)[C@@H](N)CCNC[C@@H](N)CCc3ccccc3)C(=O)NCC[C@@H](NC(=O)CCCC(=O)O)C(=O)O)cc2)cc1. The Bertz CT molecular complexity index is 1700. The maximum absolute atomic E-state index is 13.5. The molecule has 0 aliphatic heterocycles.